The summed E-state index contributed by atoms with van der Waals surface area (Å²) >= 11 is 0. The van der Waals surface area contributed by atoms with E-state index in [2.05, 4.69) is 21.5 Å². The molecular weight excluding hydrogens is 302 g/mol. The van der Waals surface area contributed by atoms with E-state index >= 15 is 0 Å². The Morgan fingerprint density at radius 1 is 1.25 bits per heavy atom. The van der Waals surface area contributed by atoms with Crippen LogP contribution in [0.4, 0.5) is 0 Å². The molecule has 0 atom stereocenters. The summed E-state index contributed by atoms with van der Waals surface area (Å²) in [5.74, 6) is 0.757. The van der Waals surface area contributed by atoms with E-state index in [0.717, 1.165) is 42.6 Å². The zero-order valence-electron chi connectivity index (χ0n) is 14.0. The van der Waals surface area contributed by atoms with Gasteiger partial charge in [-0.2, -0.15) is 0 Å². The second-order valence-electron chi connectivity index (χ2n) is 6.65. The Morgan fingerprint density at radius 2 is 2.00 bits per heavy atom. The van der Waals surface area contributed by atoms with Crippen LogP contribution in [0.25, 0.3) is 0 Å². The molecule has 0 saturated heterocycles. The highest BCUT2D eigenvalue weighted by atomic mass is 16.2. The highest BCUT2D eigenvalue weighted by Crippen LogP contribution is 2.36. The fourth-order valence-corrected chi connectivity index (χ4v) is 3.57. The van der Waals surface area contributed by atoms with Crippen molar-refractivity contribution >= 4 is 0 Å². The largest absolute Gasteiger partial charge is 0.325 e. The van der Waals surface area contributed by atoms with Crippen LogP contribution >= 0.6 is 0 Å². The van der Waals surface area contributed by atoms with Gasteiger partial charge in [0.15, 0.2) is 0 Å². The van der Waals surface area contributed by atoms with Gasteiger partial charge >= 0.3 is 5.69 Å². The van der Waals surface area contributed by atoms with Gasteiger partial charge in [0.25, 0.3) is 5.56 Å². The molecular formula is C19H23N3O2. The van der Waals surface area contributed by atoms with Gasteiger partial charge in [-0.05, 0) is 62.1 Å². The van der Waals surface area contributed by atoms with Crippen LogP contribution in [0.3, 0.4) is 0 Å². The van der Waals surface area contributed by atoms with Crippen molar-refractivity contribution in [2.45, 2.75) is 44.9 Å². The molecule has 0 bridgehead atoms. The minimum Gasteiger partial charge on any atom is -0.311 e. The molecule has 0 spiro atoms. The van der Waals surface area contributed by atoms with Gasteiger partial charge in [-0.15, -0.1) is 6.58 Å². The van der Waals surface area contributed by atoms with Gasteiger partial charge in [-0.3, -0.25) is 14.8 Å². The third-order valence-corrected chi connectivity index (χ3v) is 4.92. The van der Waals surface area contributed by atoms with Gasteiger partial charge in [-0.25, -0.2) is 4.79 Å². The van der Waals surface area contributed by atoms with Gasteiger partial charge < -0.3 is 4.98 Å². The van der Waals surface area contributed by atoms with E-state index in [1.54, 1.807) is 6.20 Å². The summed E-state index contributed by atoms with van der Waals surface area (Å²) in [6, 6.07) is 3.90. The number of hydrogen-bond donors (Lipinski definition) is 2. The molecule has 0 unspecified atom stereocenters. The van der Waals surface area contributed by atoms with E-state index in [-0.39, 0.29) is 11.5 Å². The Bertz CT molecular complexity index is 842. The molecule has 126 valence electrons. The van der Waals surface area contributed by atoms with E-state index in [9.17, 15) is 9.59 Å². The number of rotatable bonds is 4. The second kappa shape index (κ2) is 6.99. The summed E-state index contributed by atoms with van der Waals surface area (Å²) < 4.78 is 0. The first-order valence-corrected chi connectivity index (χ1v) is 8.46. The number of aryl methyl sites for hydroxylation is 1. The molecule has 1 saturated carbocycles. The van der Waals surface area contributed by atoms with E-state index in [0.29, 0.717) is 17.9 Å². The molecule has 24 heavy (non-hydrogen) atoms. The number of hydrogen-bond acceptors (Lipinski definition) is 3. The second-order valence-corrected chi connectivity index (χ2v) is 6.65. The van der Waals surface area contributed by atoms with Crippen LogP contribution in [-0.2, 0) is 6.42 Å². The van der Waals surface area contributed by atoms with Crippen molar-refractivity contribution < 1.29 is 0 Å². The molecule has 5 nitrogen and oxygen atoms in total. The standard InChI is InChI=1S/C19H23N3O2/c1-3-13-4-6-14(7-5-13)17-16(18(23)22-19(24)21-17)11-15-10-12(2)8-9-20-15/h3,8-10,13-14H,1,4-7,11H2,2H3,(H2,21,22,23,24). The predicted molar refractivity (Wildman–Crippen MR) is 94.4 cm³/mol. The Labute approximate surface area is 140 Å². The molecule has 3 rings (SSSR count). The molecule has 1 aliphatic rings. The van der Waals surface area contributed by atoms with Crippen LogP contribution in [0, 0.1) is 12.8 Å². The number of pyridine rings is 1. The lowest BCUT2D eigenvalue weighted by Gasteiger charge is -2.27. The Balaban J connectivity index is 1.95. The molecule has 2 heterocycles. The summed E-state index contributed by atoms with van der Waals surface area (Å²) in [6.45, 7) is 5.87. The first-order chi connectivity index (χ1) is 11.6. The van der Waals surface area contributed by atoms with E-state index in [4.69, 9.17) is 0 Å². The SMILES string of the molecule is C=CC1CCC(c2[nH]c(=O)[nH]c(=O)c2Cc2cc(C)ccn2)CC1. The average molecular weight is 325 g/mol. The summed E-state index contributed by atoms with van der Waals surface area (Å²) in [6.07, 6.45) is 8.21. The quantitative estimate of drug-likeness (QED) is 0.848. The van der Waals surface area contributed by atoms with Gasteiger partial charge in [0.2, 0.25) is 0 Å². The molecule has 5 heteroatoms. The lowest BCUT2D eigenvalue weighted by Crippen LogP contribution is -2.30. The zero-order chi connectivity index (χ0) is 17.1. The lowest BCUT2D eigenvalue weighted by molar-refractivity contribution is 0.369. The van der Waals surface area contributed by atoms with Crippen molar-refractivity contribution in [1.29, 1.82) is 0 Å². The first-order valence-electron chi connectivity index (χ1n) is 8.46. The fraction of sp³-hybridized carbons (Fsp3) is 0.421. The molecule has 2 aromatic heterocycles. The molecule has 2 N–H and O–H groups in total. The van der Waals surface area contributed by atoms with E-state index < -0.39 is 5.69 Å². The van der Waals surface area contributed by atoms with Gasteiger partial charge in [0.05, 0.1) is 0 Å². The molecule has 0 radical (unpaired) electrons. The predicted octanol–water partition coefficient (Wildman–Crippen LogP) is 2.82. The number of H-pyrrole nitrogens is 2. The third kappa shape index (κ3) is 3.55. The summed E-state index contributed by atoms with van der Waals surface area (Å²) in [7, 11) is 0. The lowest BCUT2D eigenvalue weighted by atomic mass is 9.79. The Morgan fingerprint density at radius 3 is 2.67 bits per heavy atom. The third-order valence-electron chi connectivity index (χ3n) is 4.92. The monoisotopic (exact) mass is 325 g/mol. The topological polar surface area (TPSA) is 78.6 Å². The van der Waals surface area contributed by atoms with Gasteiger partial charge in [-0.1, -0.05) is 6.08 Å². The van der Waals surface area contributed by atoms with Crippen molar-refractivity contribution in [3.63, 3.8) is 0 Å². The number of aromatic nitrogens is 3. The van der Waals surface area contributed by atoms with Crippen LogP contribution in [-0.4, -0.2) is 15.0 Å². The van der Waals surface area contributed by atoms with Crippen molar-refractivity contribution in [2.75, 3.05) is 0 Å². The van der Waals surface area contributed by atoms with Crippen molar-refractivity contribution in [1.82, 2.24) is 15.0 Å². The van der Waals surface area contributed by atoms with Gasteiger partial charge in [0, 0.05) is 29.6 Å². The maximum absolute atomic E-state index is 12.4. The summed E-state index contributed by atoms with van der Waals surface area (Å²) in [4.78, 5) is 33.8. The summed E-state index contributed by atoms with van der Waals surface area (Å²) in [5, 5.41) is 0. The van der Waals surface area contributed by atoms with Gasteiger partial charge in [0.1, 0.15) is 0 Å². The van der Waals surface area contributed by atoms with Crippen LogP contribution in [0.15, 0.2) is 40.6 Å². The normalized spacial score (nSPS) is 20.7. The minimum atomic E-state index is -0.429. The highest BCUT2D eigenvalue weighted by molar-refractivity contribution is 5.27. The van der Waals surface area contributed by atoms with Crippen LogP contribution < -0.4 is 11.2 Å². The maximum atomic E-state index is 12.4. The minimum absolute atomic E-state index is 0.219. The van der Waals surface area contributed by atoms with Crippen LogP contribution in [0.5, 0.6) is 0 Å². The van der Waals surface area contributed by atoms with Crippen molar-refractivity contribution in [3.05, 3.63) is 74.3 Å². The zero-order valence-corrected chi connectivity index (χ0v) is 14.0. The van der Waals surface area contributed by atoms with E-state index in [1.807, 2.05) is 25.1 Å². The fourth-order valence-electron chi connectivity index (χ4n) is 3.57. The average Bonchev–Trinajstić information content (AvgIpc) is 2.57. The van der Waals surface area contributed by atoms with Crippen LogP contribution in [0.1, 0.15) is 54.1 Å². The molecule has 1 aliphatic carbocycles. The Hall–Kier alpha value is -2.43. The molecule has 0 amide bonds. The van der Waals surface area contributed by atoms with E-state index in [1.165, 1.54) is 0 Å². The number of aromatic amines is 2. The number of nitrogens with zero attached hydrogens (tertiary/aromatic N) is 1. The highest BCUT2D eigenvalue weighted by Gasteiger charge is 2.25. The summed E-state index contributed by atoms with van der Waals surface area (Å²) in [5.41, 5.74) is 2.64. The molecule has 2 aromatic rings. The van der Waals surface area contributed by atoms with Crippen molar-refractivity contribution in [3.8, 4) is 0 Å². The number of allylic oxidation sites excluding steroid dienone is 1. The number of nitrogens with one attached hydrogen (secondary N) is 2. The molecule has 0 aliphatic heterocycles. The van der Waals surface area contributed by atoms with Crippen LogP contribution in [0.2, 0.25) is 0 Å². The smallest absolute Gasteiger partial charge is 0.311 e. The Kier molecular flexibility index (Phi) is 4.79. The van der Waals surface area contributed by atoms with Crippen molar-refractivity contribution in [2.24, 2.45) is 5.92 Å². The molecule has 0 aromatic carbocycles. The molecule has 1 fully saturated rings. The maximum Gasteiger partial charge on any atom is 0.325 e. The first kappa shape index (κ1) is 16.4.